The van der Waals surface area contributed by atoms with Gasteiger partial charge in [0.2, 0.25) is 26.0 Å². The molecule has 2 fully saturated rings. The number of nitrogens with zero attached hydrogens (tertiary/aromatic N) is 3. The van der Waals surface area contributed by atoms with Gasteiger partial charge in [-0.1, -0.05) is 13.8 Å². The van der Waals surface area contributed by atoms with Crippen molar-refractivity contribution in [2.45, 2.75) is 55.5 Å². The molecular weight excluding hydrogens is 507 g/mol. The van der Waals surface area contributed by atoms with E-state index in [0.29, 0.717) is 12.8 Å². The number of carbonyl (C=O) groups excluding carboxylic acids is 1. The topological polar surface area (TPSA) is 95.1 Å². The smallest absolute Gasteiger partial charge is 0.342 e. The summed E-state index contributed by atoms with van der Waals surface area (Å²) in [6.07, 6.45) is -3.65. The van der Waals surface area contributed by atoms with Crippen LogP contribution in [0.25, 0.3) is 0 Å². The number of rotatable bonds is 7. The molecule has 0 spiro atoms. The van der Waals surface area contributed by atoms with Crippen LogP contribution in [0.4, 0.5) is 13.2 Å². The summed E-state index contributed by atoms with van der Waals surface area (Å²) < 4.78 is 93.0. The van der Waals surface area contributed by atoms with Gasteiger partial charge in [-0.25, -0.2) is 16.8 Å². The summed E-state index contributed by atoms with van der Waals surface area (Å²) in [4.78, 5) is 14.3. The lowest BCUT2D eigenvalue weighted by Crippen LogP contribution is -2.49. The van der Waals surface area contributed by atoms with E-state index in [9.17, 15) is 34.8 Å². The third-order valence-corrected chi connectivity index (χ3v) is 10.8. The van der Waals surface area contributed by atoms with Crippen LogP contribution in [-0.2, 0) is 24.8 Å². The Morgan fingerprint density at radius 1 is 0.943 bits per heavy atom. The first-order chi connectivity index (χ1) is 16.3. The molecule has 0 aliphatic carbocycles. The summed E-state index contributed by atoms with van der Waals surface area (Å²) in [5.41, 5.74) is 0. The Labute approximate surface area is 205 Å². The van der Waals surface area contributed by atoms with E-state index in [0.717, 1.165) is 0 Å². The first-order valence-electron chi connectivity index (χ1n) is 11.8. The Morgan fingerprint density at radius 3 is 2.00 bits per heavy atom. The highest BCUT2D eigenvalue weighted by molar-refractivity contribution is 7.89. The predicted molar refractivity (Wildman–Crippen MR) is 123 cm³/mol. The summed E-state index contributed by atoms with van der Waals surface area (Å²) in [6, 6.07) is 5.02. The summed E-state index contributed by atoms with van der Waals surface area (Å²) in [6.45, 7) is 4.18. The van der Waals surface area contributed by atoms with Crippen molar-refractivity contribution in [3.8, 4) is 0 Å². The SMILES string of the molecule is CCN(CC)S(=O)(=O)c1ccc(S(=O)(=O)N2CCC[C@@H](C(=O)N3CCC(C(F)(F)F)CC3)C2)cc1. The minimum Gasteiger partial charge on any atom is -0.342 e. The van der Waals surface area contributed by atoms with Gasteiger partial charge in [0.05, 0.1) is 21.6 Å². The summed E-state index contributed by atoms with van der Waals surface area (Å²) in [7, 11) is -7.71. The molecule has 1 amide bonds. The molecule has 2 aliphatic rings. The first kappa shape index (κ1) is 27.9. The Morgan fingerprint density at radius 2 is 1.49 bits per heavy atom. The zero-order chi connectivity index (χ0) is 26.0. The van der Waals surface area contributed by atoms with Crippen LogP contribution in [0.2, 0.25) is 0 Å². The van der Waals surface area contributed by atoms with Crippen molar-refractivity contribution in [1.82, 2.24) is 13.5 Å². The van der Waals surface area contributed by atoms with Crippen molar-refractivity contribution < 1.29 is 34.8 Å². The number of carbonyl (C=O) groups is 1. The van der Waals surface area contributed by atoms with Crippen LogP contribution in [0.3, 0.4) is 0 Å². The maximum atomic E-state index is 13.2. The summed E-state index contributed by atoms with van der Waals surface area (Å²) >= 11 is 0. The average molecular weight is 540 g/mol. The molecule has 1 atom stereocenters. The molecule has 0 unspecified atom stereocenters. The molecule has 13 heteroatoms. The van der Waals surface area contributed by atoms with Crippen LogP contribution in [0.5, 0.6) is 0 Å². The van der Waals surface area contributed by atoms with Gasteiger partial charge in [0.1, 0.15) is 0 Å². The van der Waals surface area contributed by atoms with Gasteiger partial charge in [-0.3, -0.25) is 4.79 Å². The Kier molecular flexibility index (Phi) is 8.55. The van der Waals surface area contributed by atoms with Crippen molar-refractivity contribution in [2.75, 3.05) is 39.3 Å². The van der Waals surface area contributed by atoms with Crippen LogP contribution in [0, 0.1) is 11.8 Å². The second-order valence-electron chi connectivity index (χ2n) is 8.90. The van der Waals surface area contributed by atoms with Crippen LogP contribution < -0.4 is 0 Å². The van der Waals surface area contributed by atoms with Gasteiger partial charge in [-0.15, -0.1) is 0 Å². The van der Waals surface area contributed by atoms with Crippen LogP contribution in [-0.4, -0.2) is 81.7 Å². The van der Waals surface area contributed by atoms with Crippen molar-refractivity contribution in [3.63, 3.8) is 0 Å². The van der Waals surface area contributed by atoms with Crippen molar-refractivity contribution in [3.05, 3.63) is 24.3 Å². The third-order valence-electron chi connectivity index (χ3n) is 6.81. The lowest BCUT2D eigenvalue weighted by atomic mass is 9.93. The van der Waals surface area contributed by atoms with Crippen molar-refractivity contribution >= 4 is 26.0 Å². The van der Waals surface area contributed by atoms with Gasteiger partial charge in [0, 0.05) is 39.3 Å². The molecule has 8 nitrogen and oxygen atoms in total. The quantitative estimate of drug-likeness (QED) is 0.531. The number of hydrogen-bond donors (Lipinski definition) is 0. The Bertz CT molecular complexity index is 1100. The van der Waals surface area contributed by atoms with E-state index < -0.39 is 38.1 Å². The molecule has 3 rings (SSSR count). The minimum atomic E-state index is -4.27. The minimum absolute atomic E-state index is 0.00546. The molecule has 0 aromatic heterocycles. The van der Waals surface area contributed by atoms with E-state index in [1.165, 1.54) is 37.8 Å². The molecule has 35 heavy (non-hydrogen) atoms. The average Bonchev–Trinajstić information content (AvgIpc) is 2.84. The highest BCUT2D eigenvalue weighted by Gasteiger charge is 2.43. The molecule has 1 aromatic carbocycles. The van der Waals surface area contributed by atoms with Gasteiger partial charge in [-0.2, -0.15) is 21.8 Å². The van der Waals surface area contributed by atoms with E-state index in [1.807, 2.05) is 0 Å². The van der Waals surface area contributed by atoms with Gasteiger partial charge in [0.25, 0.3) is 0 Å². The van der Waals surface area contributed by atoms with Crippen LogP contribution in [0.15, 0.2) is 34.1 Å². The summed E-state index contributed by atoms with van der Waals surface area (Å²) in [5, 5.41) is 0. The van der Waals surface area contributed by atoms with Crippen molar-refractivity contribution in [2.24, 2.45) is 11.8 Å². The zero-order valence-corrected chi connectivity index (χ0v) is 21.5. The lowest BCUT2D eigenvalue weighted by Gasteiger charge is -2.37. The molecule has 2 heterocycles. The predicted octanol–water partition coefficient (Wildman–Crippen LogP) is 2.92. The number of likely N-dealkylation sites (tertiary alicyclic amines) is 1. The highest BCUT2D eigenvalue weighted by atomic mass is 32.2. The molecular formula is C22H32F3N3O5S2. The molecule has 0 saturated carbocycles. The van der Waals surface area contributed by atoms with E-state index in [-0.39, 0.29) is 67.8 Å². The fourth-order valence-corrected chi connectivity index (χ4v) is 7.67. The molecule has 2 saturated heterocycles. The van der Waals surface area contributed by atoms with E-state index in [1.54, 1.807) is 13.8 Å². The monoisotopic (exact) mass is 539 g/mol. The van der Waals surface area contributed by atoms with Gasteiger partial charge >= 0.3 is 6.18 Å². The fourth-order valence-electron chi connectivity index (χ4n) is 4.69. The number of sulfonamides is 2. The number of hydrogen-bond acceptors (Lipinski definition) is 5. The van der Waals surface area contributed by atoms with E-state index in [4.69, 9.17) is 0 Å². The van der Waals surface area contributed by atoms with Gasteiger partial charge in [-0.05, 0) is 49.9 Å². The lowest BCUT2D eigenvalue weighted by molar-refractivity contribution is -0.187. The van der Waals surface area contributed by atoms with E-state index in [2.05, 4.69) is 0 Å². The molecule has 0 bridgehead atoms. The number of alkyl halides is 3. The maximum Gasteiger partial charge on any atom is 0.391 e. The molecule has 198 valence electrons. The molecule has 0 radical (unpaired) electrons. The summed E-state index contributed by atoms with van der Waals surface area (Å²) in [5.74, 6) is -2.35. The van der Waals surface area contributed by atoms with Crippen LogP contribution in [0.1, 0.15) is 39.5 Å². The zero-order valence-electron chi connectivity index (χ0n) is 19.9. The van der Waals surface area contributed by atoms with Crippen molar-refractivity contribution in [1.29, 1.82) is 0 Å². The van der Waals surface area contributed by atoms with Crippen LogP contribution >= 0.6 is 0 Å². The van der Waals surface area contributed by atoms with E-state index >= 15 is 0 Å². The Hall–Kier alpha value is -1.70. The fraction of sp³-hybridized carbons (Fsp3) is 0.682. The molecule has 2 aliphatic heterocycles. The van der Waals surface area contributed by atoms with Gasteiger partial charge < -0.3 is 4.90 Å². The van der Waals surface area contributed by atoms with Gasteiger partial charge in [0.15, 0.2) is 0 Å². The normalized spacial score (nSPS) is 21.4. The standard InChI is InChI=1S/C22H32F3N3O5S2/c1-3-27(4-2)34(30,31)19-7-9-20(10-8-19)35(32,33)28-13-5-6-17(16-28)21(29)26-14-11-18(12-15-26)22(23,24)25/h7-10,17-18H,3-6,11-16H2,1-2H3/t17-/m1/s1. The third kappa shape index (κ3) is 6.00. The highest BCUT2D eigenvalue weighted by Crippen LogP contribution is 2.35. The maximum absolute atomic E-state index is 13.2. The number of amides is 1. The number of piperidine rings is 2. The Balaban J connectivity index is 1.69. The second-order valence-corrected chi connectivity index (χ2v) is 12.8. The first-order valence-corrected chi connectivity index (χ1v) is 14.7. The largest absolute Gasteiger partial charge is 0.391 e. The number of halogens is 3. The molecule has 1 aromatic rings. The molecule has 0 N–H and O–H groups in total. The second kappa shape index (κ2) is 10.7. The number of benzene rings is 1.